The van der Waals surface area contributed by atoms with Crippen molar-refractivity contribution >= 4 is 11.9 Å². The van der Waals surface area contributed by atoms with Gasteiger partial charge in [0.05, 0.1) is 0 Å². The summed E-state index contributed by atoms with van der Waals surface area (Å²) in [6.45, 7) is 0. The van der Waals surface area contributed by atoms with Gasteiger partial charge in [0.15, 0.2) is 11.6 Å². The number of H-pyrrole nitrogens is 1. The van der Waals surface area contributed by atoms with Gasteiger partial charge in [-0.15, -0.1) is 5.10 Å². The number of hydrogen-bond acceptors (Lipinski definition) is 4. The number of hydrogen-bond donors (Lipinski definition) is 2. The summed E-state index contributed by atoms with van der Waals surface area (Å²) in [4.78, 5) is 11.5. The SMILES string of the molecule is O=C(Nc1nn[nH]n1)c1ccc(F)c(F)c1. The van der Waals surface area contributed by atoms with Gasteiger partial charge in [-0.2, -0.15) is 5.21 Å². The van der Waals surface area contributed by atoms with Gasteiger partial charge in [0, 0.05) is 5.56 Å². The Kier molecular flexibility index (Phi) is 2.54. The molecule has 0 aliphatic heterocycles. The van der Waals surface area contributed by atoms with Gasteiger partial charge in [-0.1, -0.05) is 5.10 Å². The molecule has 0 atom stereocenters. The molecule has 2 aromatic rings. The molecule has 1 aromatic carbocycles. The number of carbonyl (C=O) groups excluding carboxylic acids is 1. The molecule has 16 heavy (non-hydrogen) atoms. The summed E-state index contributed by atoms with van der Waals surface area (Å²) in [5, 5.41) is 14.5. The molecule has 2 N–H and O–H groups in total. The van der Waals surface area contributed by atoms with Crippen LogP contribution in [0.15, 0.2) is 18.2 Å². The van der Waals surface area contributed by atoms with E-state index in [0.29, 0.717) is 0 Å². The van der Waals surface area contributed by atoms with Gasteiger partial charge >= 0.3 is 0 Å². The number of anilines is 1. The predicted octanol–water partition coefficient (Wildman–Crippen LogP) is 0.730. The molecule has 0 radical (unpaired) electrons. The second-order valence-electron chi connectivity index (χ2n) is 2.82. The Balaban J connectivity index is 2.18. The number of amides is 1. The van der Waals surface area contributed by atoms with Crippen LogP contribution >= 0.6 is 0 Å². The summed E-state index contributed by atoms with van der Waals surface area (Å²) in [7, 11) is 0. The molecule has 0 unspecified atom stereocenters. The molecule has 0 aliphatic rings. The third-order valence-electron chi connectivity index (χ3n) is 1.75. The van der Waals surface area contributed by atoms with E-state index in [0.717, 1.165) is 18.2 Å². The first-order valence-corrected chi connectivity index (χ1v) is 4.16. The molecule has 6 nitrogen and oxygen atoms in total. The fourth-order valence-electron chi connectivity index (χ4n) is 1.03. The Morgan fingerprint density at radius 3 is 2.75 bits per heavy atom. The molecular formula is C8H5F2N5O. The van der Waals surface area contributed by atoms with Crippen LogP contribution in [0, 0.1) is 11.6 Å². The molecule has 1 aromatic heterocycles. The Bertz CT molecular complexity index is 513. The molecule has 1 amide bonds. The molecule has 8 heteroatoms. The maximum absolute atomic E-state index is 12.8. The van der Waals surface area contributed by atoms with E-state index in [1.165, 1.54) is 0 Å². The second kappa shape index (κ2) is 4.01. The number of carbonyl (C=O) groups is 1. The van der Waals surface area contributed by atoms with Crippen LogP contribution in [0.2, 0.25) is 0 Å². The van der Waals surface area contributed by atoms with Crippen LogP contribution in [0.25, 0.3) is 0 Å². The number of aromatic nitrogens is 4. The highest BCUT2D eigenvalue weighted by atomic mass is 19.2. The Morgan fingerprint density at radius 2 is 2.12 bits per heavy atom. The second-order valence-corrected chi connectivity index (χ2v) is 2.82. The minimum absolute atomic E-state index is 0.0382. The van der Waals surface area contributed by atoms with Gasteiger partial charge in [-0.05, 0) is 23.4 Å². The lowest BCUT2D eigenvalue weighted by Gasteiger charge is -2.00. The molecule has 0 bridgehead atoms. The van der Waals surface area contributed by atoms with Crippen molar-refractivity contribution in [2.75, 3.05) is 5.32 Å². The molecule has 2 rings (SSSR count). The third kappa shape index (κ3) is 2.00. The number of nitrogens with one attached hydrogen (secondary N) is 2. The van der Waals surface area contributed by atoms with Crippen LogP contribution in [0.5, 0.6) is 0 Å². The van der Waals surface area contributed by atoms with Gasteiger partial charge in [0.2, 0.25) is 0 Å². The summed E-state index contributed by atoms with van der Waals surface area (Å²) in [6.07, 6.45) is 0. The van der Waals surface area contributed by atoms with Crippen LogP contribution in [-0.4, -0.2) is 26.5 Å². The lowest BCUT2D eigenvalue weighted by atomic mass is 10.2. The molecule has 0 saturated heterocycles. The molecule has 0 spiro atoms. The first kappa shape index (κ1) is 10.1. The Labute approximate surface area is 87.7 Å². The van der Waals surface area contributed by atoms with E-state index in [1.807, 2.05) is 0 Å². The number of benzene rings is 1. The van der Waals surface area contributed by atoms with Crippen molar-refractivity contribution in [1.82, 2.24) is 20.6 Å². The number of tetrazole rings is 1. The average Bonchev–Trinajstić information content (AvgIpc) is 2.74. The van der Waals surface area contributed by atoms with Crippen molar-refractivity contribution in [2.45, 2.75) is 0 Å². The fraction of sp³-hybridized carbons (Fsp3) is 0. The van der Waals surface area contributed by atoms with E-state index >= 15 is 0 Å². The fourth-order valence-corrected chi connectivity index (χ4v) is 1.03. The topological polar surface area (TPSA) is 83.6 Å². The molecule has 0 fully saturated rings. The quantitative estimate of drug-likeness (QED) is 0.789. The van der Waals surface area contributed by atoms with Crippen molar-refractivity contribution in [3.63, 3.8) is 0 Å². The third-order valence-corrected chi connectivity index (χ3v) is 1.75. The number of rotatable bonds is 2. The maximum Gasteiger partial charge on any atom is 0.270 e. The summed E-state index contributed by atoms with van der Waals surface area (Å²) < 4.78 is 25.4. The molecule has 1 heterocycles. The first-order valence-electron chi connectivity index (χ1n) is 4.16. The molecular weight excluding hydrogens is 220 g/mol. The van der Waals surface area contributed by atoms with Crippen molar-refractivity contribution < 1.29 is 13.6 Å². The summed E-state index contributed by atoms with van der Waals surface area (Å²) in [5.41, 5.74) is -0.0382. The Hall–Kier alpha value is -2.38. The standard InChI is InChI=1S/C8H5F2N5O/c9-5-2-1-4(3-6(5)10)7(16)11-8-12-14-15-13-8/h1-3H,(H2,11,12,13,14,15,16). The van der Waals surface area contributed by atoms with E-state index in [4.69, 9.17) is 0 Å². The summed E-state index contributed by atoms with van der Waals surface area (Å²) in [6, 6.07) is 2.79. The molecule has 0 saturated carbocycles. The smallest absolute Gasteiger partial charge is 0.270 e. The van der Waals surface area contributed by atoms with E-state index in [9.17, 15) is 13.6 Å². The van der Waals surface area contributed by atoms with Crippen LogP contribution in [0.3, 0.4) is 0 Å². The lowest BCUT2D eigenvalue weighted by molar-refractivity contribution is 0.102. The van der Waals surface area contributed by atoms with Crippen LogP contribution < -0.4 is 5.32 Å². The largest absolute Gasteiger partial charge is 0.288 e. The Morgan fingerprint density at radius 1 is 1.31 bits per heavy atom. The summed E-state index contributed by atoms with van der Waals surface area (Å²) >= 11 is 0. The number of aromatic amines is 1. The van der Waals surface area contributed by atoms with Crippen LogP contribution in [-0.2, 0) is 0 Å². The average molecular weight is 225 g/mol. The predicted molar refractivity (Wildman–Crippen MR) is 48.5 cm³/mol. The highest BCUT2D eigenvalue weighted by molar-refractivity contribution is 6.03. The van der Waals surface area contributed by atoms with Gasteiger partial charge in [-0.25, -0.2) is 8.78 Å². The van der Waals surface area contributed by atoms with Crippen molar-refractivity contribution in [3.8, 4) is 0 Å². The van der Waals surface area contributed by atoms with Gasteiger partial charge < -0.3 is 0 Å². The number of halogens is 2. The van der Waals surface area contributed by atoms with Gasteiger partial charge in [0.1, 0.15) is 0 Å². The monoisotopic (exact) mass is 225 g/mol. The molecule has 0 aliphatic carbocycles. The minimum Gasteiger partial charge on any atom is -0.288 e. The number of nitrogens with zero attached hydrogens (tertiary/aromatic N) is 3. The van der Waals surface area contributed by atoms with Crippen LogP contribution in [0.4, 0.5) is 14.7 Å². The molecule has 82 valence electrons. The minimum atomic E-state index is -1.10. The van der Waals surface area contributed by atoms with Crippen molar-refractivity contribution in [2.24, 2.45) is 0 Å². The first-order chi connectivity index (χ1) is 7.66. The highest BCUT2D eigenvalue weighted by Crippen LogP contribution is 2.09. The van der Waals surface area contributed by atoms with E-state index in [2.05, 4.69) is 25.9 Å². The van der Waals surface area contributed by atoms with Crippen molar-refractivity contribution in [3.05, 3.63) is 35.4 Å². The zero-order valence-corrected chi connectivity index (χ0v) is 7.74. The van der Waals surface area contributed by atoms with Crippen molar-refractivity contribution in [1.29, 1.82) is 0 Å². The summed E-state index contributed by atoms with van der Waals surface area (Å²) in [5.74, 6) is -2.81. The van der Waals surface area contributed by atoms with E-state index < -0.39 is 17.5 Å². The maximum atomic E-state index is 12.8. The van der Waals surface area contributed by atoms with Crippen LogP contribution in [0.1, 0.15) is 10.4 Å². The zero-order chi connectivity index (χ0) is 11.5. The van der Waals surface area contributed by atoms with Gasteiger partial charge in [0.25, 0.3) is 11.9 Å². The van der Waals surface area contributed by atoms with E-state index in [1.54, 1.807) is 0 Å². The zero-order valence-electron chi connectivity index (χ0n) is 7.74. The van der Waals surface area contributed by atoms with E-state index in [-0.39, 0.29) is 11.5 Å². The highest BCUT2D eigenvalue weighted by Gasteiger charge is 2.11. The normalized spacial score (nSPS) is 10.1. The lowest BCUT2D eigenvalue weighted by Crippen LogP contribution is -2.13. The van der Waals surface area contributed by atoms with Gasteiger partial charge in [-0.3, -0.25) is 10.1 Å².